The average molecular weight is 275 g/mol. The van der Waals surface area contributed by atoms with Gasteiger partial charge in [-0.2, -0.15) is 18.6 Å². The lowest BCUT2D eigenvalue weighted by Gasteiger charge is -2.26. The smallest absolute Gasteiger partial charge is 0.0269 e. The van der Waals surface area contributed by atoms with Gasteiger partial charge in [0.25, 0.3) is 0 Å². The van der Waals surface area contributed by atoms with Crippen molar-refractivity contribution in [3.63, 3.8) is 0 Å². The fourth-order valence-electron chi connectivity index (χ4n) is 2.31. The zero-order valence-electron chi connectivity index (χ0n) is 11.2. The summed E-state index contributed by atoms with van der Waals surface area (Å²) in [7, 11) is -0.529. The van der Waals surface area contributed by atoms with E-state index in [2.05, 4.69) is 91.9 Å². The topological polar surface area (TPSA) is 0 Å². The van der Waals surface area contributed by atoms with Crippen molar-refractivity contribution in [1.82, 2.24) is 0 Å². The third-order valence-electron chi connectivity index (χ3n) is 3.26. The standard InChI is InChI=1S/C19H16P/c1-16-10-8-9-15-19(16)20(17-11-4-2-5-12-17)18-13-6-3-7-14-18/h2-15H,1H2/q-1. The lowest BCUT2D eigenvalue weighted by Crippen LogP contribution is -2.22. The summed E-state index contributed by atoms with van der Waals surface area (Å²) in [5.41, 5.74) is 1.12. The molecular weight excluding hydrogens is 259 g/mol. The van der Waals surface area contributed by atoms with Crippen molar-refractivity contribution >= 4 is 23.8 Å². The highest BCUT2D eigenvalue weighted by molar-refractivity contribution is 7.79. The normalized spacial score (nSPS) is 10.7. The Bertz CT molecular complexity index is 635. The van der Waals surface area contributed by atoms with Crippen LogP contribution in [0.3, 0.4) is 0 Å². The third-order valence-corrected chi connectivity index (χ3v) is 5.81. The lowest BCUT2D eigenvalue weighted by atomic mass is 10.2. The Balaban J connectivity index is 2.17. The predicted octanol–water partition coefficient (Wildman–Crippen LogP) is 3.63. The zero-order chi connectivity index (χ0) is 13.8. The van der Waals surface area contributed by atoms with E-state index in [1.165, 1.54) is 15.9 Å². The van der Waals surface area contributed by atoms with Crippen LogP contribution in [0, 0.1) is 6.92 Å². The first-order chi connectivity index (χ1) is 9.86. The molecule has 0 fully saturated rings. The lowest BCUT2D eigenvalue weighted by molar-refractivity contribution is 1.67. The van der Waals surface area contributed by atoms with Gasteiger partial charge in [-0.25, -0.2) is 0 Å². The number of hydrogen-bond acceptors (Lipinski definition) is 0. The van der Waals surface area contributed by atoms with Crippen LogP contribution in [0.25, 0.3) is 0 Å². The summed E-state index contributed by atoms with van der Waals surface area (Å²) in [4.78, 5) is 0. The molecule has 1 heteroatoms. The molecule has 0 nitrogen and oxygen atoms in total. The van der Waals surface area contributed by atoms with Crippen LogP contribution in [0.5, 0.6) is 0 Å². The van der Waals surface area contributed by atoms with E-state index in [1.54, 1.807) is 0 Å². The van der Waals surface area contributed by atoms with E-state index in [0.29, 0.717) is 0 Å². The van der Waals surface area contributed by atoms with E-state index in [-0.39, 0.29) is 0 Å². The highest BCUT2D eigenvalue weighted by Gasteiger charge is 2.12. The van der Waals surface area contributed by atoms with Crippen LogP contribution >= 0.6 is 7.92 Å². The van der Waals surface area contributed by atoms with Gasteiger partial charge in [-0.1, -0.05) is 74.7 Å². The van der Waals surface area contributed by atoms with Crippen LogP contribution in [0.4, 0.5) is 0 Å². The summed E-state index contributed by atoms with van der Waals surface area (Å²) < 4.78 is 0. The molecular formula is C19H16P-. The van der Waals surface area contributed by atoms with Gasteiger partial charge in [0.1, 0.15) is 0 Å². The molecule has 0 amide bonds. The van der Waals surface area contributed by atoms with E-state index in [0.717, 1.165) is 5.56 Å². The second kappa shape index (κ2) is 5.94. The molecule has 0 spiro atoms. The predicted molar refractivity (Wildman–Crippen MR) is 89.6 cm³/mol. The van der Waals surface area contributed by atoms with Crippen molar-refractivity contribution in [2.75, 3.05) is 0 Å². The van der Waals surface area contributed by atoms with E-state index in [4.69, 9.17) is 0 Å². The van der Waals surface area contributed by atoms with Crippen molar-refractivity contribution in [2.24, 2.45) is 0 Å². The molecule has 0 radical (unpaired) electrons. The summed E-state index contributed by atoms with van der Waals surface area (Å²) in [5, 5.41) is 4.06. The van der Waals surface area contributed by atoms with Gasteiger partial charge < -0.3 is 0 Å². The molecule has 3 rings (SSSR count). The van der Waals surface area contributed by atoms with Crippen molar-refractivity contribution < 1.29 is 0 Å². The minimum Gasteiger partial charge on any atom is -0.198 e. The number of hydrogen-bond donors (Lipinski definition) is 0. The molecule has 20 heavy (non-hydrogen) atoms. The molecule has 98 valence electrons. The SMILES string of the molecule is [CH2-]c1ccccc1P(c1ccccc1)c1ccccc1. The molecule has 0 atom stereocenters. The molecule has 0 bridgehead atoms. The van der Waals surface area contributed by atoms with E-state index in [9.17, 15) is 0 Å². The van der Waals surface area contributed by atoms with Gasteiger partial charge in [0, 0.05) is 0 Å². The molecule has 0 saturated carbocycles. The highest BCUT2D eigenvalue weighted by Crippen LogP contribution is 2.33. The van der Waals surface area contributed by atoms with Gasteiger partial charge >= 0.3 is 0 Å². The largest absolute Gasteiger partial charge is 0.198 e. The van der Waals surface area contributed by atoms with Gasteiger partial charge in [0.2, 0.25) is 0 Å². The monoisotopic (exact) mass is 275 g/mol. The molecule has 0 aliphatic rings. The Morgan fingerprint density at radius 1 is 0.550 bits per heavy atom. The van der Waals surface area contributed by atoms with Gasteiger partial charge in [0.05, 0.1) is 0 Å². The highest BCUT2D eigenvalue weighted by atomic mass is 31.1. The molecule has 0 N–H and O–H groups in total. The van der Waals surface area contributed by atoms with Crippen LogP contribution in [-0.4, -0.2) is 0 Å². The molecule has 0 saturated heterocycles. The Morgan fingerprint density at radius 3 is 1.50 bits per heavy atom. The molecule has 0 aromatic heterocycles. The molecule has 0 aliphatic heterocycles. The first-order valence-electron chi connectivity index (χ1n) is 6.67. The maximum atomic E-state index is 4.21. The van der Waals surface area contributed by atoms with Crippen LogP contribution < -0.4 is 15.9 Å². The van der Waals surface area contributed by atoms with Gasteiger partial charge in [0.15, 0.2) is 0 Å². The molecule has 3 aromatic carbocycles. The summed E-state index contributed by atoms with van der Waals surface area (Å²) in [5.74, 6) is 0. The van der Waals surface area contributed by atoms with Gasteiger partial charge in [-0.15, -0.1) is 17.4 Å². The second-order valence-electron chi connectivity index (χ2n) is 4.64. The number of benzene rings is 3. The second-order valence-corrected chi connectivity index (χ2v) is 6.82. The van der Waals surface area contributed by atoms with Crippen molar-refractivity contribution in [2.45, 2.75) is 0 Å². The quantitative estimate of drug-likeness (QED) is 0.506. The summed E-state index contributed by atoms with van der Waals surface area (Å²) in [6, 6.07) is 29.9. The summed E-state index contributed by atoms with van der Waals surface area (Å²) >= 11 is 0. The Kier molecular flexibility index (Phi) is 3.85. The molecule has 3 aromatic rings. The minimum absolute atomic E-state index is 0.529. The van der Waals surface area contributed by atoms with Crippen molar-refractivity contribution in [3.05, 3.63) is 97.4 Å². The molecule has 0 unspecified atom stereocenters. The van der Waals surface area contributed by atoms with E-state index >= 15 is 0 Å². The van der Waals surface area contributed by atoms with Crippen molar-refractivity contribution in [1.29, 1.82) is 0 Å². The minimum atomic E-state index is -0.529. The average Bonchev–Trinajstić information content (AvgIpc) is 2.52. The maximum absolute atomic E-state index is 4.21. The number of rotatable bonds is 3. The van der Waals surface area contributed by atoms with E-state index in [1.807, 2.05) is 0 Å². The first-order valence-corrected chi connectivity index (χ1v) is 8.01. The summed E-state index contributed by atoms with van der Waals surface area (Å²) in [6.07, 6.45) is 0. The fourth-order valence-corrected chi connectivity index (χ4v) is 4.70. The summed E-state index contributed by atoms with van der Waals surface area (Å²) in [6.45, 7) is 4.21. The first kappa shape index (κ1) is 13.0. The van der Waals surface area contributed by atoms with Gasteiger partial charge in [-0.3, -0.25) is 0 Å². The van der Waals surface area contributed by atoms with Crippen LogP contribution in [0.1, 0.15) is 5.56 Å². The fraction of sp³-hybridized carbons (Fsp3) is 0. The van der Waals surface area contributed by atoms with Crippen LogP contribution in [-0.2, 0) is 0 Å². The Morgan fingerprint density at radius 2 is 1.00 bits per heavy atom. The zero-order valence-corrected chi connectivity index (χ0v) is 12.1. The maximum Gasteiger partial charge on any atom is -0.0269 e. The van der Waals surface area contributed by atoms with Gasteiger partial charge in [-0.05, 0) is 10.6 Å². The molecule has 0 heterocycles. The third kappa shape index (κ3) is 2.61. The van der Waals surface area contributed by atoms with E-state index < -0.39 is 7.92 Å². The Labute approximate surface area is 121 Å². The Hall–Kier alpha value is -2.04. The van der Waals surface area contributed by atoms with Crippen LogP contribution in [0.15, 0.2) is 84.9 Å². The molecule has 0 aliphatic carbocycles. The van der Waals surface area contributed by atoms with Crippen LogP contribution in [0.2, 0.25) is 0 Å². The van der Waals surface area contributed by atoms with Crippen molar-refractivity contribution in [3.8, 4) is 0 Å².